The van der Waals surface area contributed by atoms with E-state index in [2.05, 4.69) is 40.2 Å². The largest absolute Gasteiger partial charge is 0.393 e. The molecule has 30 heavy (non-hydrogen) atoms. The summed E-state index contributed by atoms with van der Waals surface area (Å²) >= 11 is 0. The lowest BCUT2D eigenvalue weighted by molar-refractivity contribution is -0.870. The number of hydrogen-bond acceptors (Lipinski definition) is 1. The Balaban J connectivity index is 3.18. The first kappa shape index (κ1) is 29.7. The minimum Gasteiger partial charge on any atom is -0.393 e. The molecule has 1 atom stereocenters. The van der Waals surface area contributed by atoms with Gasteiger partial charge in [-0.2, -0.15) is 0 Å². The SMILES string of the molecule is CCCCCCCC/C=C\CCCCCCCCCCCCC(O)CC[N+](C)(C)C. The Labute approximate surface area is 191 Å². The molecular formula is C28H58NO+. The molecule has 0 fully saturated rings. The maximum atomic E-state index is 10.0. The van der Waals surface area contributed by atoms with Gasteiger partial charge >= 0.3 is 0 Å². The Morgan fingerprint density at radius 2 is 0.967 bits per heavy atom. The van der Waals surface area contributed by atoms with Gasteiger partial charge in [-0.3, -0.25) is 0 Å². The molecule has 0 aromatic rings. The van der Waals surface area contributed by atoms with Crippen molar-refractivity contribution in [3.05, 3.63) is 12.2 Å². The second-order valence-electron chi connectivity index (χ2n) is 10.6. The Hall–Kier alpha value is -0.340. The highest BCUT2D eigenvalue weighted by molar-refractivity contribution is 4.81. The van der Waals surface area contributed by atoms with Gasteiger partial charge in [-0.1, -0.05) is 109 Å². The molecule has 0 aliphatic carbocycles. The fraction of sp³-hybridized carbons (Fsp3) is 0.929. The van der Waals surface area contributed by atoms with E-state index in [1.807, 2.05) is 0 Å². The highest BCUT2D eigenvalue weighted by Gasteiger charge is 2.11. The lowest BCUT2D eigenvalue weighted by Crippen LogP contribution is -2.37. The summed E-state index contributed by atoms with van der Waals surface area (Å²) in [6, 6.07) is 0. The van der Waals surface area contributed by atoms with Crippen molar-refractivity contribution in [1.29, 1.82) is 0 Å². The summed E-state index contributed by atoms with van der Waals surface area (Å²) in [4.78, 5) is 0. The van der Waals surface area contributed by atoms with Crippen LogP contribution < -0.4 is 0 Å². The Kier molecular flexibility index (Phi) is 21.6. The van der Waals surface area contributed by atoms with E-state index in [1.165, 1.54) is 116 Å². The minimum absolute atomic E-state index is 0.0901. The van der Waals surface area contributed by atoms with Crippen LogP contribution in [0.2, 0.25) is 0 Å². The van der Waals surface area contributed by atoms with Crippen molar-refractivity contribution in [2.45, 2.75) is 141 Å². The number of aliphatic hydroxyl groups excluding tert-OH is 1. The molecule has 0 aliphatic heterocycles. The summed E-state index contributed by atoms with van der Waals surface area (Å²) < 4.78 is 0.951. The first-order chi connectivity index (χ1) is 14.5. The van der Waals surface area contributed by atoms with Gasteiger partial charge < -0.3 is 9.59 Å². The summed E-state index contributed by atoms with van der Waals surface area (Å²) in [5, 5.41) is 10.0. The predicted octanol–water partition coefficient (Wildman–Crippen LogP) is 8.43. The zero-order valence-corrected chi connectivity index (χ0v) is 21.5. The molecule has 0 spiro atoms. The summed E-state index contributed by atoms with van der Waals surface area (Å²) in [5.41, 5.74) is 0. The van der Waals surface area contributed by atoms with Crippen molar-refractivity contribution < 1.29 is 9.59 Å². The van der Waals surface area contributed by atoms with Gasteiger partial charge in [-0.05, 0) is 32.1 Å². The van der Waals surface area contributed by atoms with Gasteiger partial charge in [0.2, 0.25) is 0 Å². The summed E-state index contributed by atoms with van der Waals surface area (Å²) in [5.74, 6) is 0. The molecule has 0 rings (SSSR count). The number of hydrogen-bond donors (Lipinski definition) is 1. The van der Waals surface area contributed by atoms with Crippen LogP contribution in [0.3, 0.4) is 0 Å². The van der Waals surface area contributed by atoms with Crippen LogP contribution in [0.1, 0.15) is 135 Å². The molecule has 1 N–H and O–H groups in total. The third-order valence-corrected chi connectivity index (χ3v) is 6.18. The van der Waals surface area contributed by atoms with Gasteiger partial charge in [0.25, 0.3) is 0 Å². The Morgan fingerprint density at radius 1 is 0.567 bits per heavy atom. The van der Waals surface area contributed by atoms with E-state index in [0.29, 0.717) is 0 Å². The molecule has 0 heterocycles. The molecule has 0 aromatic carbocycles. The maximum Gasteiger partial charge on any atom is 0.0805 e. The fourth-order valence-electron chi connectivity index (χ4n) is 4.02. The van der Waals surface area contributed by atoms with Crippen molar-refractivity contribution >= 4 is 0 Å². The smallest absolute Gasteiger partial charge is 0.0805 e. The monoisotopic (exact) mass is 424 g/mol. The zero-order valence-electron chi connectivity index (χ0n) is 21.5. The molecule has 1 unspecified atom stereocenters. The number of nitrogens with zero attached hydrogens (tertiary/aromatic N) is 1. The number of allylic oxidation sites excluding steroid dienone is 2. The number of unbranched alkanes of at least 4 members (excludes halogenated alkanes) is 16. The molecule has 0 saturated carbocycles. The van der Waals surface area contributed by atoms with Crippen LogP contribution >= 0.6 is 0 Å². The molecule has 0 aliphatic rings. The summed E-state index contributed by atoms with van der Waals surface area (Å²) in [6.45, 7) is 3.35. The van der Waals surface area contributed by atoms with E-state index in [4.69, 9.17) is 0 Å². The average Bonchev–Trinajstić information content (AvgIpc) is 2.70. The van der Waals surface area contributed by atoms with Gasteiger partial charge in [0.05, 0.1) is 33.8 Å². The predicted molar refractivity (Wildman–Crippen MR) is 136 cm³/mol. The first-order valence-corrected chi connectivity index (χ1v) is 13.6. The van der Waals surface area contributed by atoms with E-state index in [9.17, 15) is 5.11 Å². The van der Waals surface area contributed by atoms with Crippen LogP contribution in [0.25, 0.3) is 0 Å². The molecule has 0 saturated heterocycles. The lowest BCUT2D eigenvalue weighted by atomic mass is 10.0. The van der Waals surface area contributed by atoms with Crippen molar-refractivity contribution in [2.24, 2.45) is 0 Å². The van der Waals surface area contributed by atoms with Crippen molar-refractivity contribution in [2.75, 3.05) is 27.7 Å². The summed E-state index contributed by atoms with van der Waals surface area (Å²) in [7, 11) is 6.59. The maximum absolute atomic E-state index is 10.0. The minimum atomic E-state index is -0.0901. The molecule has 0 bridgehead atoms. The molecule has 0 aromatic heterocycles. The quantitative estimate of drug-likeness (QED) is 0.0991. The third-order valence-electron chi connectivity index (χ3n) is 6.18. The molecule has 2 heteroatoms. The zero-order chi connectivity index (χ0) is 22.3. The molecule has 0 radical (unpaired) electrons. The molecule has 2 nitrogen and oxygen atoms in total. The van der Waals surface area contributed by atoms with Gasteiger partial charge in [0.1, 0.15) is 0 Å². The average molecular weight is 425 g/mol. The van der Waals surface area contributed by atoms with Crippen LogP contribution in [0, 0.1) is 0 Å². The Morgan fingerprint density at radius 3 is 1.40 bits per heavy atom. The lowest BCUT2D eigenvalue weighted by Gasteiger charge is -2.25. The van der Waals surface area contributed by atoms with Crippen LogP contribution in [0.5, 0.6) is 0 Å². The number of aliphatic hydroxyl groups is 1. The standard InChI is InChI=1S/C28H58NO/c1-5-6-7-8-9-10-11-12-13-14-15-16-17-18-19-20-21-22-23-24-25-28(30)26-27-29(2,3)4/h12-13,28,30H,5-11,14-27H2,1-4H3/q+1/b13-12-. The van der Waals surface area contributed by atoms with Crippen LogP contribution in [-0.2, 0) is 0 Å². The van der Waals surface area contributed by atoms with Crippen LogP contribution in [0.15, 0.2) is 12.2 Å². The number of rotatable bonds is 23. The second kappa shape index (κ2) is 21.9. The summed E-state index contributed by atoms with van der Waals surface area (Å²) in [6.07, 6.45) is 31.4. The number of quaternary nitrogens is 1. The van der Waals surface area contributed by atoms with Gasteiger partial charge in [-0.25, -0.2) is 0 Å². The highest BCUT2D eigenvalue weighted by Crippen LogP contribution is 2.14. The second-order valence-corrected chi connectivity index (χ2v) is 10.6. The third kappa shape index (κ3) is 25.7. The van der Waals surface area contributed by atoms with Gasteiger partial charge in [0.15, 0.2) is 0 Å². The van der Waals surface area contributed by atoms with E-state index in [1.54, 1.807) is 0 Å². The van der Waals surface area contributed by atoms with E-state index >= 15 is 0 Å². The Bertz CT molecular complexity index is 358. The molecule has 180 valence electrons. The van der Waals surface area contributed by atoms with Crippen LogP contribution in [-0.4, -0.2) is 43.4 Å². The topological polar surface area (TPSA) is 20.2 Å². The van der Waals surface area contributed by atoms with Gasteiger partial charge in [-0.15, -0.1) is 0 Å². The normalized spacial score (nSPS) is 13.4. The van der Waals surface area contributed by atoms with E-state index in [0.717, 1.165) is 23.9 Å². The van der Waals surface area contributed by atoms with Crippen molar-refractivity contribution in [3.63, 3.8) is 0 Å². The fourth-order valence-corrected chi connectivity index (χ4v) is 4.02. The van der Waals surface area contributed by atoms with E-state index in [-0.39, 0.29) is 6.10 Å². The molecular weight excluding hydrogens is 366 g/mol. The first-order valence-electron chi connectivity index (χ1n) is 13.6. The van der Waals surface area contributed by atoms with Crippen molar-refractivity contribution in [3.8, 4) is 0 Å². The molecule has 0 amide bonds. The van der Waals surface area contributed by atoms with Crippen molar-refractivity contribution in [1.82, 2.24) is 0 Å². The van der Waals surface area contributed by atoms with Crippen LogP contribution in [0.4, 0.5) is 0 Å². The van der Waals surface area contributed by atoms with Gasteiger partial charge in [0, 0.05) is 6.42 Å². The highest BCUT2D eigenvalue weighted by atomic mass is 16.3. The van der Waals surface area contributed by atoms with E-state index < -0.39 is 0 Å².